The summed E-state index contributed by atoms with van der Waals surface area (Å²) in [6, 6.07) is 10.8. The third kappa shape index (κ3) is 3.97. The molecule has 0 bridgehead atoms. The topological polar surface area (TPSA) is 58.3 Å². The zero-order chi connectivity index (χ0) is 19.6. The molecule has 29 heavy (non-hydrogen) atoms. The van der Waals surface area contributed by atoms with E-state index < -0.39 is 0 Å². The summed E-state index contributed by atoms with van der Waals surface area (Å²) >= 11 is 0. The maximum absolute atomic E-state index is 6.24. The van der Waals surface area contributed by atoms with E-state index in [0.717, 1.165) is 37.7 Å². The largest absolute Gasteiger partial charge is 0.368 e. The van der Waals surface area contributed by atoms with Gasteiger partial charge in [0.05, 0.1) is 5.69 Å². The zero-order valence-electron chi connectivity index (χ0n) is 17.4. The number of hydrogen-bond acceptors (Lipinski definition) is 5. The number of nitrogens with two attached hydrogens (primary N) is 1. The van der Waals surface area contributed by atoms with Crippen molar-refractivity contribution in [1.82, 2.24) is 14.9 Å². The highest BCUT2D eigenvalue weighted by Crippen LogP contribution is 2.40. The Balaban J connectivity index is 1.42. The summed E-state index contributed by atoms with van der Waals surface area (Å²) in [4.78, 5) is 14.7. The Labute approximate surface area is 174 Å². The summed E-state index contributed by atoms with van der Waals surface area (Å²) < 4.78 is 0. The van der Waals surface area contributed by atoms with Crippen LogP contribution in [0.25, 0.3) is 0 Å². The Morgan fingerprint density at radius 3 is 2.59 bits per heavy atom. The first-order chi connectivity index (χ1) is 14.3. The minimum absolute atomic E-state index is 0.342. The molecule has 2 unspecified atom stereocenters. The highest BCUT2D eigenvalue weighted by atomic mass is 15.2. The molecular formula is C24H33N5. The average molecular weight is 392 g/mol. The molecule has 2 N–H and O–H groups in total. The fourth-order valence-corrected chi connectivity index (χ4v) is 5.66. The number of likely N-dealkylation sites (tertiary alicyclic amines) is 1. The lowest BCUT2D eigenvalue weighted by atomic mass is 9.82. The monoisotopic (exact) mass is 391 g/mol. The van der Waals surface area contributed by atoms with Gasteiger partial charge in [-0.3, -0.25) is 0 Å². The third-order valence-electron chi connectivity index (χ3n) is 7.02. The van der Waals surface area contributed by atoms with Crippen LogP contribution < -0.4 is 10.6 Å². The maximum Gasteiger partial charge on any atom is 0.222 e. The van der Waals surface area contributed by atoms with Crippen molar-refractivity contribution >= 4 is 11.8 Å². The van der Waals surface area contributed by atoms with Gasteiger partial charge in [-0.15, -0.1) is 0 Å². The smallest absolute Gasteiger partial charge is 0.222 e. The highest BCUT2D eigenvalue weighted by Gasteiger charge is 2.31. The van der Waals surface area contributed by atoms with Crippen LogP contribution >= 0.6 is 0 Å². The third-order valence-corrected chi connectivity index (χ3v) is 7.02. The summed E-state index contributed by atoms with van der Waals surface area (Å²) in [5.74, 6) is 2.64. The van der Waals surface area contributed by atoms with Crippen molar-refractivity contribution in [3.8, 4) is 0 Å². The first-order valence-corrected chi connectivity index (χ1v) is 11.5. The number of fused-ring (bicyclic) bond motifs is 1. The first-order valence-electron chi connectivity index (χ1n) is 11.5. The van der Waals surface area contributed by atoms with Crippen molar-refractivity contribution in [2.24, 2.45) is 5.92 Å². The number of nitrogens with zero attached hydrogens (tertiary/aromatic N) is 4. The van der Waals surface area contributed by atoms with Gasteiger partial charge in [0.1, 0.15) is 5.82 Å². The van der Waals surface area contributed by atoms with E-state index in [-0.39, 0.29) is 0 Å². The van der Waals surface area contributed by atoms with Crippen molar-refractivity contribution in [2.75, 3.05) is 43.4 Å². The van der Waals surface area contributed by atoms with Gasteiger partial charge in [0.15, 0.2) is 0 Å². The zero-order valence-corrected chi connectivity index (χ0v) is 17.4. The number of aromatic nitrogens is 2. The minimum Gasteiger partial charge on any atom is -0.368 e. The molecule has 3 heterocycles. The molecule has 2 saturated heterocycles. The number of rotatable bonds is 4. The molecule has 2 aliphatic heterocycles. The quantitative estimate of drug-likeness (QED) is 0.858. The first kappa shape index (κ1) is 18.9. The van der Waals surface area contributed by atoms with E-state index in [1.165, 1.54) is 68.6 Å². The minimum atomic E-state index is 0.342. The number of benzene rings is 1. The Hall–Kier alpha value is -2.14. The van der Waals surface area contributed by atoms with Gasteiger partial charge in [0, 0.05) is 31.1 Å². The lowest BCUT2D eigenvalue weighted by Crippen LogP contribution is -2.41. The van der Waals surface area contributed by atoms with Gasteiger partial charge in [0.25, 0.3) is 0 Å². The summed E-state index contributed by atoms with van der Waals surface area (Å²) in [5, 5.41) is 0. The second-order valence-corrected chi connectivity index (χ2v) is 9.09. The van der Waals surface area contributed by atoms with Crippen molar-refractivity contribution < 1.29 is 0 Å². The molecule has 5 rings (SSSR count). The summed E-state index contributed by atoms with van der Waals surface area (Å²) in [5.41, 5.74) is 10.1. The Morgan fingerprint density at radius 1 is 0.931 bits per heavy atom. The standard InChI is InChI=1S/C24H33N5/c25-24-26-22-20(19-9-2-1-3-10-19)11-6-12-21(22)23(27-24)29-15-7-8-18(17-29)16-28-13-4-5-14-28/h1-3,9-10,18,20H,4-8,11-17H2,(H2,25,26,27). The molecule has 1 aromatic carbocycles. The van der Waals surface area contributed by atoms with E-state index >= 15 is 0 Å². The summed E-state index contributed by atoms with van der Waals surface area (Å²) in [6.45, 7) is 6.01. The van der Waals surface area contributed by atoms with Gasteiger partial charge in [0.2, 0.25) is 5.95 Å². The molecule has 154 valence electrons. The second-order valence-electron chi connectivity index (χ2n) is 9.09. The van der Waals surface area contributed by atoms with Crippen LogP contribution in [0.1, 0.15) is 61.3 Å². The van der Waals surface area contributed by atoms with Gasteiger partial charge >= 0.3 is 0 Å². The molecular weight excluding hydrogens is 358 g/mol. The Morgan fingerprint density at radius 2 is 1.76 bits per heavy atom. The molecule has 2 atom stereocenters. The van der Waals surface area contributed by atoms with Crippen molar-refractivity contribution in [1.29, 1.82) is 0 Å². The van der Waals surface area contributed by atoms with Crippen LogP contribution in [0, 0.1) is 5.92 Å². The maximum atomic E-state index is 6.24. The molecule has 2 fully saturated rings. The van der Waals surface area contributed by atoms with Crippen LogP contribution in [0.4, 0.5) is 11.8 Å². The van der Waals surface area contributed by atoms with E-state index in [2.05, 4.69) is 40.1 Å². The fourth-order valence-electron chi connectivity index (χ4n) is 5.66. The van der Waals surface area contributed by atoms with Gasteiger partial charge in [-0.05, 0) is 69.5 Å². The van der Waals surface area contributed by atoms with E-state index in [4.69, 9.17) is 15.7 Å². The molecule has 5 nitrogen and oxygen atoms in total. The number of hydrogen-bond donors (Lipinski definition) is 1. The van der Waals surface area contributed by atoms with E-state index in [9.17, 15) is 0 Å². The molecule has 1 aliphatic carbocycles. The van der Waals surface area contributed by atoms with Gasteiger partial charge < -0.3 is 15.5 Å². The van der Waals surface area contributed by atoms with Gasteiger partial charge in [-0.2, -0.15) is 4.98 Å². The van der Waals surface area contributed by atoms with Crippen LogP contribution in [-0.2, 0) is 6.42 Å². The van der Waals surface area contributed by atoms with E-state index in [0.29, 0.717) is 11.9 Å². The molecule has 1 aromatic heterocycles. The molecule has 5 heteroatoms. The van der Waals surface area contributed by atoms with Crippen LogP contribution in [0.15, 0.2) is 30.3 Å². The predicted octanol–water partition coefficient (Wildman–Crippen LogP) is 3.84. The highest BCUT2D eigenvalue weighted by molar-refractivity contribution is 5.55. The van der Waals surface area contributed by atoms with Gasteiger partial charge in [-0.25, -0.2) is 4.98 Å². The van der Waals surface area contributed by atoms with Crippen LogP contribution in [0.2, 0.25) is 0 Å². The molecule has 3 aliphatic rings. The predicted molar refractivity (Wildman–Crippen MR) is 118 cm³/mol. The van der Waals surface area contributed by atoms with Crippen LogP contribution in [0.3, 0.4) is 0 Å². The Bertz CT molecular complexity index is 831. The molecule has 0 spiro atoms. The molecule has 2 aromatic rings. The number of piperidine rings is 1. The summed E-state index contributed by atoms with van der Waals surface area (Å²) in [6.07, 6.45) is 8.73. The van der Waals surface area contributed by atoms with Crippen LogP contribution in [0.5, 0.6) is 0 Å². The van der Waals surface area contributed by atoms with Gasteiger partial charge in [-0.1, -0.05) is 30.3 Å². The van der Waals surface area contributed by atoms with Crippen LogP contribution in [-0.4, -0.2) is 47.6 Å². The molecule has 0 amide bonds. The van der Waals surface area contributed by atoms with Crippen molar-refractivity contribution in [3.05, 3.63) is 47.2 Å². The fraction of sp³-hybridized carbons (Fsp3) is 0.583. The number of nitrogen functional groups attached to an aromatic ring is 1. The summed E-state index contributed by atoms with van der Waals surface area (Å²) in [7, 11) is 0. The lowest BCUT2D eigenvalue weighted by molar-refractivity contribution is 0.254. The lowest BCUT2D eigenvalue weighted by Gasteiger charge is -2.37. The Kier molecular flexibility index (Phi) is 5.40. The van der Waals surface area contributed by atoms with Crippen molar-refractivity contribution in [3.63, 3.8) is 0 Å². The number of anilines is 2. The second kappa shape index (κ2) is 8.31. The normalized spacial score (nSPS) is 25.2. The van der Waals surface area contributed by atoms with E-state index in [1.807, 2.05) is 0 Å². The SMILES string of the molecule is Nc1nc2c(c(N3CCCC(CN4CCCC4)C3)n1)CCCC2c1ccccc1. The van der Waals surface area contributed by atoms with Crippen molar-refractivity contribution in [2.45, 2.75) is 50.9 Å². The average Bonchev–Trinajstić information content (AvgIpc) is 3.26. The molecule has 0 radical (unpaired) electrons. The van der Waals surface area contributed by atoms with E-state index in [1.54, 1.807) is 0 Å². The molecule has 0 saturated carbocycles.